The van der Waals surface area contributed by atoms with Crippen molar-refractivity contribution in [2.45, 2.75) is 31.9 Å². The molecule has 0 aromatic heterocycles. The van der Waals surface area contributed by atoms with Crippen molar-refractivity contribution in [3.63, 3.8) is 0 Å². The monoisotopic (exact) mass is 176 g/mol. The molecule has 0 amide bonds. The Hall–Kier alpha value is 0.440. The first-order valence-electron chi connectivity index (χ1n) is 3.74. The summed E-state index contributed by atoms with van der Waals surface area (Å²) < 4.78 is 0. The van der Waals surface area contributed by atoms with E-state index in [1.165, 1.54) is 12.8 Å². The van der Waals surface area contributed by atoms with Crippen LogP contribution in [-0.4, -0.2) is 11.0 Å². The highest BCUT2D eigenvalue weighted by Gasteiger charge is 2.01. The molecule has 60 valence electrons. The molecular weight excluding hydrogens is 160 g/mol. The van der Waals surface area contributed by atoms with Gasteiger partial charge < -0.3 is 0 Å². The van der Waals surface area contributed by atoms with Crippen molar-refractivity contribution in [1.82, 2.24) is 0 Å². The minimum absolute atomic E-state index is 0.838. The molecule has 0 radical (unpaired) electrons. The first-order valence-corrected chi connectivity index (χ1v) is 6.12. The van der Waals surface area contributed by atoms with Crippen molar-refractivity contribution in [1.29, 1.82) is 0 Å². The van der Waals surface area contributed by atoms with E-state index >= 15 is 0 Å². The van der Waals surface area contributed by atoms with Gasteiger partial charge in [-0.15, -0.1) is 6.58 Å². The first-order chi connectivity index (χ1) is 4.85. The molecule has 0 fully saturated rings. The van der Waals surface area contributed by atoms with E-state index in [1.807, 2.05) is 27.7 Å². The molecule has 0 atom stereocenters. The van der Waals surface area contributed by atoms with Gasteiger partial charge in [-0.05, 0) is 12.8 Å². The molecule has 0 bridgehead atoms. The average molecular weight is 176 g/mol. The second-order valence-corrected chi connectivity index (χ2v) is 4.82. The molecule has 0 heterocycles. The molecule has 0 N–H and O–H groups in total. The average Bonchev–Trinajstić information content (AvgIpc) is 1.99. The molecule has 10 heavy (non-hydrogen) atoms. The first kappa shape index (κ1) is 10.4. The van der Waals surface area contributed by atoms with Crippen LogP contribution in [0.5, 0.6) is 0 Å². The second kappa shape index (κ2) is 7.55. The van der Waals surface area contributed by atoms with Crippen LogP contribution in [0.4, 0.5) is 0 Å². The van der Waals surface area contributed by atoms with Crippen LogP contribution in [0.25, 0.3) is 0 Å². The third kappa shape index (κ3) is 5.24. The van der Waals surface area contributed by atoms with Crippen molar-refractivity contribution in [3.8, 4) is 0 Å². The lowest BCUT2D eigenvalue weighted by atomic mass is 10.3. The van der Waals surface area contributed by atoms with Gasteiger partial charge >= 0.3 is 0 Å². The Kier molecular flexibility index (Phi) is 7.88. The van der Waals surface area contributed by atoms with E-state index in [4.69, 9.17) is 0 Å². The number of hydrogen-bond acceptors (Lipinski definition) is 2. The SMILES string of the molecule is C=CCSSC(CC)CC. The predicted octanol–water partition coefficient (Wildman–Crippen LogP) is 3.74. The van der Waals surface area contributed by atoms with Crippen LogP contribution in [0.2, 0.25) is 0 Å². The van der Waals surface area contributed by atoms with Gasteiger partial charge in [0, 0.05) is 11.0 Å². The lowest BCUT2D eigenvalue weighted by Gasteiger charge is -2.08. The van der Waals surface area contributed by atoms with E-state index in [9.17, 15) is 0 Å². The Balaban J connectivity index is 3.16. The molecule has 0 unspecified atom stereocenters. The maximum Gasteiger partial charge on any atom is 0.0215 e. The zero-order valence-electron chi connectivity index (χ0n) is 6.80. The Bertz CT molecular complexity index is 77.3. The minimum Gasteiger partial charge on any atom is -0.102 e. The normalized spacial score (nSPS) is 10.3. The van der Waals surface area contributed by atoms with Gasteiger partial charge in [0.05, 0.1) is 0 Å². The highest BCUT2D eigenvalue weighted by atomic mass is 33.1. The summed E-state index contributed by atoms with van der Waals surface area (Å²) in [6, 6.07) is 0. The summed E-state index contributed by atoms with van der Waals surface area (Å²) in [7, 11) is 3.90. The zero-order chi connectivity index (χ0) is 7.82. The number of hydrogen-bond donors (Lipinski definition) is 0. The van der Waals surface area contributed by atoms with E-state index in [2.05, 4.69) is 20.4 Å². The van der Waals surface area contributed by atoms with Crippen molar-refractivity contribution < 1.29 is 0 Å². The molecule has 0 aliphatic rings. The Morgan fingerprint density at radius 2 is 2.00 bits per heavy atom. The van der Waals surface area contributed by atoms with Gasteiger partial charge in [-0.2, -0.15) is 0 Å². The highest BCUT2D eigenvalue weighted by molar-refractivity contribution is 8.77. The summed E-state index contributed by atoms with van der Waals surface area (Å²) >= 11 is 0. The van der Waals surface area contributed by atoms with Crippen molar-refractivity contribution in [2.24, 2.45) is 0 Å². The maximum absolute atomic E-state index is 3.68. The molecule has 0 nitrogen and oxygen atoms in total. The lowest BCUT2D eigenvalue weighted by molar-refractivity contribution is 0.797. The summed E-state index contributed by atoms with van der Waals surface area (Å²) in [4.78, 5) is 0. The highest BCUT2D eigenvalue weighted by Crippen LogP contribution is 2.30. The van der Waals surface area contributed by atoms with Gasteiger partial charge in [0.1, 0.15) is 0 Å². The number of rotatable bonds is 6. The van der Waals surface area contributed by atoms with Crippen molar-refractivity contribution >= 4 is 21.6 Å². The molecule has 0 aliphatic heterocycles. The third-order valence-corrected chi connectivity index (χ3v) is 4.38. The van der Waals surface area contributed by atoms with Gasteiger partial charge in [-0.3, -0.25) is 0 Å². The predicted molar refractivity (Wildman–Crippen MR) is 54.6 cm³/mol. The van der Waals surface area contributed by atoms with E-state index in [-0.39, 0.29) is 0 Å². The van der Waals surface area contributed by atoms with Crippen LogP contribution in [-0.2, 0) is 0 Å². The van der Waals surface area contributed by atoms with Crippen LogP contribution >= 0.6 is 21.6 Å². The van der Waals surface area contributed by atoms with E-state index in [0.29, 0.717) is 0 Å². The Morgan fingerprint density at radius 3 is 2.40 bits per heavy atom. The molecule has 0 saturated heterocycles. The maximum atomic E-state index is 3.68. The van der Waals surface area contributed by atoms with E-state index < -0.39 is 0 Å². The molecule has 0 aromatic carbocycles. The van der Waals surface area contributed by atoms with E-state index in [0.717, 1.165) is 11.0 Å². The van der Waals surface area contributed by atoms with Gasteiger partial charge in [-0.25, -0.2) is 0 Å². The topological polar surface area (TPSA) is 0 Å². The summed E-state index contributed by atoms with van der Waals surface area (Å²) in [6.07, 6.45) is 4.52. The molecule has 0 spiro atoms. The Morgan fingerprint density at radius 1 is 1.40 bits per heavy atom. The summed E-state index contributed by atoms with van der Waals surface area (Å²) in [5.74, 6) is 1.07. The lowest BCUT2D eigenvalue weighted by Crippen LogP contribution is -1.94. The summed E-state index contributed by atoms with van der Waals surface area (Å²) in [5.41, 5.74) is 0. The quantitative estimate of drug-likeness (QED) is 0.343. The fourth-order valence-corrected chi connectivity index (χ4v) is 3.17. The molecule has 2 heteroatoms. The van der Waals surface area contributed by atoms with Crippen LogP contribution in [0.15, 0.2) is 12.7 Å². The molecule has 0 aromatic rings. The molecule has 0 saturated carbocycles. The second-order valence-electron chi connectivity index (χ2n) is 2.11. The molecular formula is C8H16S2. The summed E-state index contributed by atoms with van der Waals surface area (Å²) in [5, 5.41) is 0.838. The fourth-order valence-electron chi connectivity index (χ4n) is 0.608. The standard InChI is InChI=1S/C8H16S2/c1-4-7-9-10-8(5-2)6-3/h4,8H,1,5-7H2,2-3H3. The van der Waals surface area contributed by atoms with Gasteiger partial charge in [-0.1, -0.05) is 41.5 Å². The molecule has 0 rings (SSSR count). The smallest absolute Gasteiger partial charge is 0.0215 e. The van der Waals surface area contributed by atoms with E-state index in [1.54, 1.807) is 0 Å². The zero-order valence-corrected chi connectivity index (χ0v) is 8.43. The van der Waals surface area contributed by atoms with Crippen LogP contribution in [0.3, 0.4) is 0 Å². The van der Waals surface area contributed by atoms with Gasteiger partial charge in [0.15, 0.2) is 0 Å². The van der Waals surface area contributed by atoms with Crippen LogP contribution in [0.1, 0.15) is 26.7 Å². The van der Waals surface area contributed by atoms with Crippen LogP contribution < -0.4 is 0 Å². The van der Waals surface area contributed by atoms with Crippen molar-refractivity contribution in [3.05, 3.63) is 12.7 Å². The van der Waals surface area contributed by atoms with Gasteiger partial charge in [0.25, 0.3) is 0 Å². The van der Waals surface area contributed by atoms with Gasteiger partial charge in [0.2, 0.25) is 0 Å². The molecule has 0 aliphatic carbocycles. The van der Waals surface area contributed by atoms with Crippen LogP contribution in [0, 0.1) is 0 Å². The summed E-state index contributed by atoms with van der Waals surface area (Å²) in [6.45, 7) is 8.17. The fraction of sp³-hybridized carbons (Fsp3) is 0.750. The third-order valence-electron chi connectivity index (χ3n) is 1.30. The largest absolute Gasteiger partial charge is 0.102 e. The van der Waals surface area contributed by atoms with Crippen molar-refractivity contribution in [2.75, 3.05) is 5.75 Å². The Labute approximate surface area is 72.3 Å². The minimum atomic E-state index is 0.838.